The molecule has 2 aromatic carbocycles. The molecule has 2 amide bonds. The maximum Gasteiger partial charge on any atom is 0.259 e. The van der Waals surface area contributed by atoms with Crippen LogP contribution in [-0.2, 0) is 0 Å². The van der Waals surface area contributed by atoms with E-state index in [1.807, 2.05) is 24.3 Å². The van der Waals surface area contributed by atoms with Crippen LogP contribution in [0, 0.1) is 6.92 Å². The number of para-hydroxylation sites is 3. The first kappa shape index (κ1) is 22.3. The molecular formula is C25H26N4O4. The average molecular weight is 447 g/mol. The molecule has 4 rings (SSSR count). The maximum absolute atomic E-state index is 13.0. The van der Waals surface area contributed by atoms with Crippen molar-refractivity contribution in [3.05, 3.63) is 77.4 Å². The van der Waals surface area contributed by atoms with E-state index in [-0.39, 0.29) is 17.7 Å². The van der Waals surface area contributed by atoms with Crippen LogP contribution in [0.2, 0.25) is 0 Å². The lowest BCUT2D eigenvalue weighted by molar-refractivity contribution is 0.0787. The zero-order valence-corrected chi connectivity index (χ0v) is 18.9. The van der Waals surface area contributed by atoms with E-state index in [4.69, 9.17) is 9.47 Å². The first-order valence-electron chi connectivity index (χ1n) is 10.7. The van der Waals surface area contributed by atoms with Crippen molar-refractivity contribution >= 4 is 17.5 Å². The fourth-order valence-corrected chi connectivity index (χ4v) is 3.99. The largest absolute Gasteiger partial charge is 0.496 e. The molecule has 33 heavy (non-hydrogen) atoms. The second-order valence-corrected chi connectivity index (χ2v) is 7.82. The van der Waals surface area contributed by atoms with Crippen molar-refractivity contribution in [1.82, 2.24) is 14.9 Å². The third kappa shape index (κ3) is 4.64. The van der Waals surface area contributed by atoms with Crippen molar-refractivity contribution in [2.75, 3.05) is 32.6 Å². The van der Waals surface area contributed by atoms with Crippen LogP contribution in [0.5, 0.6) is 11.5 Å². The Morgan fingerprint density at radius 3 is 2.42 bits per heavy atom. The lowest BCUT2D eigenvalue weighted by Crippen LogP contribution is -2.29. The summed E-state index contributed by atoms with van der Waals surface area (Å²) >= 11 is 0. The molecule has 1 fully saturated rings. The third-order valence-electron chi connectivity index (χ3n) is 5.78. The SMILES string of the molecule is COc1ccccc1NC(=O)c1cnc(C2CCN(C(=O)c3ccccc3OC)C2)nc1C. The number of aromatic nitrogens is 2. The lowest BCUT2D eigenvalue weighted by atomic mass is 10.1. The Bertz CT molecular complexity index is 1180. The van der Waals surface area contributed by atoms with Gasteiger partial charge in [-0.05, 0) is 37.6 Å². The second kappa shape index (κ2) is 9.68. The number of nitrogens with zero attached hydrogens (tertiary/aromatic N) is 3. The van der Waals surface area contributed by atoms with E-state index in [0.29, 0.717) is 52.9 Å². The number of benzene rings is 2. The Morgan fingerprint density at radius 1 is 1.00 bits per heavy atom. The zero-order valence-electron chi connectivity index (χ0n) is 18.9. The summed E-state index contributed by atoms with van der Waals surface area (Å²) in [5.41, 5.74) is 2.10. The quantitative estimate of drug-likeness (QED) is 0.621. The topological polar surface area (TPSA) is 93.7 Å². The van der Waals surface area contributed by atoms with Crippen LogP contribution in [-0.4, -0.2) is 54.0 Å². The fourth-order valence-electron chi connectivity index (χ4n) is 3.99. The van der Waals surface area contributed by atoms with Gasteiger partial charge < -0.3 is 19.7 Å². The van der Waals surface area contributed by atoms with Crippen molar-refractivity contribution in [1.29, 1.82) is 0 Å². The molecule has 170 valence electrons. The standard InChI is InChI=1S/C25H26N4O4/c1-16-19(24(30)28-20-9-5-7-11-22(20)33-3)14-26-23(27-16)17-12-13-29(15-17)25(31)18-8-4-6-10-21(18)32-2/h4-11,14,17H,12-13,15H2,1-3H3,(H,28,30). The lowest BCUT2D eigenvalue weighted by Gasteiger charge is -2.18. The number of hydrogen-bond donors (Lipinski definition) is 1. The van der Waals surface area contributed by atoms with E-state index in [0.717, 1.165) is 6.42 Å². The number of carbonyl (C=O) groups excluding carboxylic acids is 2. The van der Waals surface area contributed by atoms with Gasteiger partial charge in [0.1, 0.15) is 17.3 Å². The normalized spacial score (nSPS) is 15.2. The molecule has 1 N–H and O–H groups in total. The van der Waals surface area contributed by atoms with Crippen molar-refractivity contribution in [2.24, 2.45) is 0 Å². The van der Waals surface area contributed by atoms with Crippen LogP contribution < -0.4 is 14.8 Å². The highest BCUT2D eigenvalue weighted by Crippen LogP contribution is 2.29. The molecule has 2 heterocycles. The summed E-state index contributed by atoms with van der Waals surface area (Å²) in [5.74, 6) is 1.41. The van der Waals surface area contributed by atoms with Gasteiger partial charge in [-0.2, -0.15) is 0 Å². The number of carbonyl (C=O) groups is 2. The Morgan fingerprint density at radius 2 is 1.70 bits per heavy atom. The van der Waals surface area contributed by atoms with Crippen molar-refractivity contribution in [3.8, 4) is 11.5 Å². The molecule has 0 saturated carbocycles. The van der Waals surface area contributed by atoms with E-state index in [2.05, 4.69) is 15.3 Å². The van der Waals surface area contributed by atoms with Crippen molar-refractivity contribution < 1.29 is 19.1 Å². The molecule has 1 aromatic heterocycles. The molecule has 0 aliphatic carbocycles. The summed E-state index contributed by atoms with van der Waals surface area (Å²) < 4.78 is 10.6. The van der Waals surface area contributed by atoms with Gasteiger partial charge >= 0.3 is 0 Å². The van der Waals surface area contributed by atoms with Gasteiger partial charge in [0.25, 0.3) is 11.8 Å². The third-order valence-corrected chi connectivity index (χ3v) is 5.78. The van der Waals surface area contributed by atoms with Gasteiger partial charge in [0.05, 0.1) is 36.7 Å². The van der Waals surface area contributed by atoms with Gasteiger partial charge in [-0.15, -0.1) is 0 Å². The average Bonchev–Trinajstić information content (AvgIpc) is 3.34. The molecule has 1 atom stereocenters. The maximum atomic E-state index is 13.0. The van der Waals surface area contributed by atoms with Crippen LogP contribution in [0.25, 0.3) is 0 Å². The Labute approximate surface area is 192 Å². The zero-order chi connectivity index (χ0) is 23.4. The molecule has 1 aliphatic rings. The molecule has 1 aliphatic heterocycles. The number of aryl methyl sites for hydroxylation is 1. The first-order chi connectivity index (χ1) is 16.0. The molecule has 8 heteroatoms. The minimum atomic E-state index is -0.303. The summed E-state index contributed by atoms with van der Waals surface area (Å²) in [6, 6.07) is 14.4. The second-order valence-electron chi connectivity index (χ2n) is 7.82. The van der Waals surface area contributed by atoms with Gasteiger partial charge in [-0.25, -0.2) is 9.97 Å². The molecule has 0 spiro atoms. The van der Waals surface area contributed by atoms with E-state index in [1.54, 1.807) is 56.5 Å². The first-order valence-corrected chi connectivity index (χ1v) is 10.7. The minimum Gasteiger partial charge on any atom is -0.496 e. The molecule has 0 radical (unpaired) electrons. The van der Waals surface area contributed by atoms with Crippen LogP contribution in [0.1, 0.15) is 44.6 Å². The summed E-state index contributed by atoms with van der Waals surface area (Å²) in [6.45, 7) is 2.91. The molecule has 8 nitrogen and oxygen atoms in total. The van der Waals surface area contributed by atoms with Crippen LogP contribution in [0.4, 0.5) is 5.69 Å². The summed E-state index contributed by atoms with van der Waals surface area (Å²) in [7, 11) is 3.11. The fraction of sp³-hybridized carbons (Fsp3) is 0.280. The number of rotatable bonds is 6. The molecular weight excluding hydrogens is 420 g/mol. The summed E-state index contributed by atoms with van der Waals surface area (Å²) in [4.78, 5) is 36.6. The monoisotopic (exact) mass is 446 g/mol. The van der Waals surface area contributed by atoms with E-state index in [9.17, 15) is 9.59 Å². The summed E-state index contributed by atoms with van der Waals surface area (Å²) in [5, 5.41) is 2.85. The summed E-state index contributed by atoms with van der Waals surface area (Å²) in [6.07, 6.45) is 2.31. The smallest absolute Gasteiger partial charge is 0.259 e. The van der Waals surface area contributed by atoms with Crippen molar-refractivity contribution in [2.45, 2.75) is 19.3 Å². The number of nitrogens with one attached hydrogen (secondary N) is 1. The minimum absolute atomic E-state index is 0.00804. The molecule has 0 bridgehead atoms. The van der Waals surface area contributed by atoms with Crippen LogP contribution in [0.3, 0.4) is 0 Å². The number of ether oxygens (including phenoxy) is 2. The number of anilines is 1. The number of hydrogen-bond acceptors (Lipinski definition) is 6. The van der Waals surface area contributed by atoms with Gasteiger partial charge in [-0.3, -0.25) is 9.59 Å². The predicted molar refractivity (Wildman–Crippen MR) is 124 cm³/mol. The van der Waals surface area contributed by atoms with Crippen LogP contribution >= 0.6 is 0 Å². The predicted octanol–water partition coefficient (Wildman–Crippen LogP) is 3.68. The highest BCUT2D eigenvalue weighted by molar-refractivity contribution is 6.05. The van der Waals surface area contributed by atoms with Gasteiger partial charge in [0.2, 0.25) is 0 Å². The Hall–Kier alpha value is -3.94. The number of amides is 2. The molecule has 3 aromatic rings. The Kier molecular flexibility index (Phi) is 6.53. The highest BCUT2D eigenvalue weighted by Gasteiger charge is 2.31. The number of likely N-dealkylation sites (tertiary alicyclic amines) is 1. The molecule has 1 unspecified atom stereocenters. The van der Waals surface area contributed by atoms with E-state index >= 15 is 0 Å². The van der Waals surface area contributed by atoms with Gasteiger partial charge in [0.15, 0.2) is 0 Å². The highest BCUT2D eigenvalue weighted by atomic mass is 16.5. The molecule has 1 saturated heterocycles. The number of methoxy groups -OCH3 is 2. The van der Waals surface area contributed by atoms with Crippen LogP contribution in [0.15, 0.2) is 54.7 Å². The Balaban J connectivity index is 1.46. The van der Waals surface area contributed by atoms with E-state index < -0.39 is 0 Å². The van der Waals surface area contributed by atoms with Crippen molar-refractivity contribution in [3.63, 3.8) is 0 Å². The van der Waals surface area contributed by atoms with E-state index in [1.165, 1.54) is 0 Å². The van der Waals surface area contributed by atoms with Gasteiger partial charge in [-0.1, -0.05) is 24.3 Å². The van der Waals surface area contributed by atoms with Gasteiger partial charge in [0, 0.05) is 25.2 Å².